The van der Waals surface area contributed by atoms with E-state index in [1.54, 1.807) is 45.8 Å². The standard InChI is InChI=1S/C20H19FN4O2/c21-14-8-2-3-9-15(14)22-19(26)17-16-10-4-7-13-25(16)18(23-17)20(27)24-11-5-1-6-12-24/h2-4,7-10,13H,1,5-6,11-12H2,(H,22,26). The fourth-order valence-electron chi connectivity index (χ4n) is 3.34. The molecule has 7 heteroatoms. The highest BCUT2D eigenvalue weighted by Gasteiger charge is 2.26. The van der Waals surface area contributed by atoms with Gasteiger partial charge in [0.15, 0.2) is 5.69 Å². The van der Waals surface area contributed by atoms with Gasteiger partial charge in [-0.1, -0.05) is 18.2 Å². The van der Waals surface area contributed by atoms with Crippen LogP contribution in [0.4, 0.5) is 10.1 Å². The van der Waals surface area contributed by atoms with Crippen LogP contribution in [0.5, 0.6) is 0 Å². The van der Waals surface area contributed by atoms with Crippen LogP contribution in [0.2, 0.25) is 0 Å². The molecule has 0 saturated carbocycles. The molecular weight excluding hydrogens is 347 g/mol. The molecule has 6 nitrogen and oxygen atoms in total. The summed E-state index contributed by atoms with van der Waals surface area (Å²) in [6.45, 7) is 1.38. The number of anilines is 1. The number of likely N-dealkylation sites (tertiary alicyclic amines) is 1. The second-order valence-corrected chi connectivity index (χ2v) is 6.53. The van der Waals surface area contributed by atoms with Crippen LogP contribution in [-0.4, -0.2) is 39.2 Å². The largest absolute Gasteiger partial charge is 0.336 e. The lowest BCUT2D eigenvalue weighted by atomic mass is 10.1. The molecule has 0 spiro atoms. The Morgan fingerprint density at radius 2 is 1.74 bits per heavy atom. The summed E-state index contributed by atoms with van der Waals surface area (Å²) in [5, 5.41) is 2.54. The highest BCUT2D eigenvalue weighted by atomic mass is 19.1. The number of nitrogens with one attached hydrogen (secondary N) is 1. The Balaban J connectivity index is 1.70. The number of piperidine rings is 1. The fourth-order valence-corrected chi connectivity index (χ4v) is 3.34. The molecule has 138 valence electrons. The summed E-state index contributed by atoms with van der Waals surface area (Å²) < 4.78 is 15.5. The van der Waals surface area contributed by atoms with Crippen LogP contribution >= 0.6 is 0 Å². The lowest BCUT2D eigenvalue weighted by Crippen LogP contribution is -2.36. The number of carbonyl (C=O) groups is 2. The van der Waals surface area contributed by atoms with Gasteiger partial charge in [0.1, 0.15) is 5.82 Å². The van der Waals surface area contributed by atoms with Gasteiger partial charge in [0.2, 0.25) is 5.82 Å². The Kier molecular flexibility index (Phi) is 4.58. The van der Waals surface area contributed by atoms with Gasteiger partial charge in [-0.05, 0) is 43.5 Å². The summed E-state index contributed by atoms with van der Waals surface area (Å²) in [5.74, 6) is -1.08. The maximum Gasteiger partial charge on any atom is 0.290 e. The Hall–Kier alpha value is -3.22. The van der Waals surface area contributed by atoms with Crippen molar-refractivity contribution in [3.05, 3.63) is 66.0 Å². The third kappa shape index (κ3) is 3.28. The maximum absolute atomic E-state index is 13.9. The number of benzene rings is 1. The first-order chi connectivity index (χ1) is 13.1. The van der Waals surface area contributed by atoms with Gasteiger partial charge in [0.25, 0.3) is 11.8 Å². The summed E-state index contributed by atoms with van der Waals surface area (Å²) in [6, 6.07) is 11.2. The number of para-hydroxylation sites is 1. The van der Waals surface area contributed by atoms with E-state index in [1.165, 1.54) is 12.1 Å². The van der Waals surface area contributed by atoms with E-state index in [0.717, 1.165) is 19.3 Å². The molecule has 3 aromatic rings. The maximum atomic E-state index is 13.9. The van der Waals surface area contributed by atoms with Crippen LogP contribution < -0.4 is 5.32 Å². The number of halogens is 1. The minimum absolute atomic E-state index is 0.0727. The third-order valence-electron chi connectivity index (χ3n) is 4.72. The topological polar surface area (TPSA) is 66.7 Å². The van der Waals surface area contributed by atoms with E-state index in [-0.39, 0.29) is 23.1 Å². The molecule has 1 aliphatic heterocycles. The van der Waals surface area contributed by atoms with Gasteiger partial charge < -0.3 is 10.2 Å². The molecule has 0 atom stereocenters. The quantitative estimate of drug-likeness (QED) is 0.773. The van der Waals surface area contributed by atoms with E-state index < -0.39 is 11.7 Å². The highest BCUT2D eigenvalue weighted by Crippen LogP contribution is 2.20. The molecule has 0 bridgehead atoms. The minimum atomic E-state index is -0.554. The lowest BCUT2D eigenvalue weighted by Gasteiger charge is -2.25. The van der Waals surface area contributed by atoms with Crippen molar-refractivity contribution in [3.8, 4) is 0 Å². The van der Waals surface area contributed by atoms with Crippen molar-refractivity contribution in [2.24, 2.45) is 0 Å². The summed E-state index contributed by atoms with van der Waals surface area (Å²) in [4.78, 5) is 31.7. The van der Waals surface area contributed by atoms with Crippen LogP contribution in [-0.2, 0) is 0 Å². The zero-order valence-electron chi connectivity index (χ0n) is 14.7. The Morgan fingerprint density at radius 3 is 2.52 bits per heavy atom. The average Bonchev–Trinajstić information content (AvgIpc) is 3.10. The van der Waals surface area contributed by atoms with Gasteiger partial charge >= 0.3 is 0 Å². The minimum Gasteiger partial charge on any atom is -0.336 e. The number of amides is 2. The molecule has 2 aromatic heterocycles. The number of hydrogen-bond donors (Lipinski definition) is 1. The predicted octanol–water partition coefficient (Wildman–Crippen LogP) is 3.35. The van der Waals surface area contributed by atoms with Crippen molar-refractivity contribution in [1.82, 2.24) is 14.3 Å². The van der Waals surface area contributed by atoms with Crippen molar-refractivity contribution in [2.45, 2.75) is 19.3 Å². The number of rotatable bonds is 3. The molecule has 1 N–H and O–H groups in total. The molecule has 0 unspecified atom stereocenters. The number of aromatic nitrogens is 2. The SMILES string of the molecule is O=C(Nc1ccccc1F)c1nc(C(=O)N2CCCCC2)n2ccccc12. The van der Waals surface area contributed by atoms with E-state index in [0.29, 0.717) is 18.6 Å². The van der Waals surface area contributed by atoms with Gasteiger partial charge in [0.05, 0.1) is 11.2 Å². The molecule has 4 rings (SSSR count). The molecular formula is C20H19FN4O2. The zero-order valence-corrected chi connectivity index (χ0v) is 14.7. The van der Waals surface area contributed by atoms with E-state index >= 15 is 0 Å². The first kappa shape index (κ1) is 17.2. The molecule has 1 saturated heterocycles. The monoisotopic (exact) mass is 366 g/mol. The van der Waals surface area contributed by atoms with Crippen molar-refractivity contribution < 1.29 is 14.0 Å². The van der Waals surface area contributed by atoms with E-state index in [4.69, 9.17) is 0 Å². The molecule has 1 aliphatic rings. The van der Waals surface area contributed by atoms with Crippen molar-refractivity contribution >= 4 is 23.0 Å². The molecule has 3 heterocycles. The molecule has 1 aromatic carbocycles. The second-order valence-electron chi connectivity index (χ2n) is 6.53. The first-order valence-electron chi connectivity index (χ1n) is 8.97. The smallest absolute Gasteiger partial charge is 0.290 e. The summed E-state index contributed by atoms with van der Waals surface area (Å²) in [6.07, 6.45) is 4.76. The van der Waals surface area contributed by atoms with E-state index in [1.807, 2.05) is 0 Å². The number of pyridine rings is 1. The average molecular weight is 366 g/mol. The number of imidazole rings is 1. The molecule has 1 fully saturated rings. The number of carbonyl (C=O) groups excluding carboxylic acids is 2. The van der Waals surface area contributed by atoms with Crippen LogP contribution in [0.15, 0.2) is 48.7 Å². The van der Waals surface area contributed by atoms with Crippen LogP contribution in [0.3, 0.4) is 0 Å². The van der Waals surface area contributed by atoms with E-state index in [2.05, 4.69) is 10.3 Å². The third-order valence-corrected chi connectivity index (χ3v) is 4.72. The van der Waals surface area contributed by atoms with Gasteiger partial charge in [0, 0.05) is 19.3 Å². The van der Waals surface area contributed by atoms with Crippen molar-refractivity contribution in [1.29, 1.82) is 0 Å². The molecule has 0 radical (unpaired) electrons. The van der Waals surface area contributed by atoms with Crippen molar-refractivity contribution in [2.75, 3.05) is 18.4 Å². The molecule has 0 aliphatic carbocycles. The van der Waals surface area contributed by atoms with E-state index in [9.17, 15) is 14.0 Å². The van der Waals surface area contributed by atoms with Gasteiger partial charge in [-0.3, -0.25) is 14.0 Å². The van der Waals surface area contributed by atoms with Crippen LogP contribution in [0.25, 0.3) is 5.52 Å². The Bertz CT molecular complexity index is 1010. The first-order valence-corrected chi connectivity index (χ1v) is 8.97. The summed E-state index contributed by atoms with van der Waals surface area (Å²) >= 11 is 0. The van der Waals surface area contributed by atoms with Gasteiger partial charge in [-0.2, -0.15) is 0 Å². The van der Waals surface area contributed by atoms with Crippen LogP contribution in [0.1, 0.15) is 40.4 Å². The number of hydrogen-bond acceptors (Lipinski definition) is 3. The predicted molar refractivity (Wildman–Crippen MR) is 99.3 cm³/mol. The number of nitrogens with zero attached hydrogens (tertiary/aromatic N) is 3. The zero-order chi connectivity index (χ0) is 18.8. The lowest BCUT2D eigenvalue weighted by molar-refractivity contribution is 0.0711. The number of fused-ring (bicyclic) bond motifs is 1. The van der Waals surface area contributed by atoms with Crippen molar-refractivity contribution in [3.63, 3.8) is 0 Å². The van der Waals surface area contributed by atoms with Gasteiger partial charge in [-0.25, -0.2) is 9.37 Å². The normalized spacial score (nSPS) is 14.3. The summed E-state index contributed by atoms with van der Waals surface area (Å²) in [7, 11) is 0. The van der Waals surface area contributed by atoms with Crippen LogP contribution in [0, 0.1) is 5.82 Å². The fraction of sp³-hybridized carbons (Fsp3) is 0.250. The van der Waals surface area contributed by atoms with Gasteiger partial charge in [-0.15, -0.1) is 0 Å². The Labute approximate surface area is 155 Å². The summed E-state index contributed by atoms with van der Waals surface area (Å²) in [5.41, 5.74) is 0.675. The second kappa shape index (κ2) is 7.19. The molecule has 2 amide bonds. The molecule has 27 heavy (non-hydrogen) atoms. The highest BCUT2D eigenvalue weighted by molar-refractivity contribution is 6.09. The Morgan fingerprint density at radius 1 is 1.00 bits per heavy atom.